The minimum absolute atomic E-state index is 0.0327. The van der Waals surface area contributed by atoms with Crippen LogP contribution in [-0.2, 0) is 4.79 Å². The summed E-state index contributed by atoms with van der Waals surface area (Å²) in [5.41, 5.74) is 4.03. The Hall–Kier alpha value is -3.02. The SMILES string of the molecule is CC(C)c1nc2ccccc2c(=O)n1NC(=O)[C@@H]1C[C@@H]1c1ccc(F)cc1. The maximum atomic E-state index is 13.1. The molecule has 0 aliphatic heterocycles. The van der Waals surface area contributed by atoms with Crippen molar-refractivity contribution in [3.8, 4) is 0 Å². The second kappa shape index (κ2) is 6.61. The van der Waals surface area contributed by atoms with Crippen molar-refractivity contribution in [3.05, 3.63) is 76.1 Å². The van der Waals surface area contributed by atoms with E-state index in [1.807, 2.05) is 19.9 Å². The molecule has 1 aromatic heterocycles. The topological polar surface area (TPSA) is 64.0 Å². The molecule has 1 heterocycles. The lowest BCUT2D eigenvalue weighted by atomic mass is 10.1. The molecule has 0 radical (unpaired) electrons. The Morgan fingerprint density at radius 1 is 1.19 bits per heavy atom. The maximum absolute atomic E-state index is 13.1. The van der Waals surface area contributed by atoms with E-state index in [0.717, 1.165) is 5.56 Å². The van der Waals surface area contributed by atoms with Crippen molar-refractivity contribution in [1.29, 1.82) is 0 Å². The second-order valence-electron chi connectivity index (χ2n) is 7.26. The van der Waals surface area contributed by atoms with Crippen molar-refractivity contribution < 1.29 is 9.18 Å². The molecule has 0 spiro atoms. The minimum atomic E-state index is -0.296. The standard InChI is InChI=1S/C21H20FN3O2/c1-12(2)19-23-18-6-4-3-5-15(18)21(27)25(19)24-20(26)17-11-16(17)13-7-9-14(22)10-8-13/h3-10,12,16-17H,11H2,1-2H3,(H,24,26)/t16-,17-/m1/s1. The third-order valence-electron chi connectivity index (χ3n) is 4.97. The molecule has 4 rings (SSSR count). The molecular formula is C21H20FN3O2. The van der Waals surface area contributed by atoms with E-state index in [4.69, 9.17) is 0 Å². The van der Waals surface area contributed by atoms with Crippen LogP contribution in [-0.4, -0.2) is 15.6 Å². The van der Waals surface area contributed by atoms with Gasteiger partial charge in [0, 0.05) is 11.8 Å². The normalized spacial score (nSPS) is 18.7. The zero-order valence-electron chi connectivity index (χ0n) is 15.1. The van der Waals surface area contributed by atoms with Gasteiger partial charge in [-0.2, -0.15) is 0 Å². The largest absolute Gasteiger partial charge is 0.280 e. The van der Waals surface area contributed by atoms with Gasteiger partial charge in [-0.3, -0.25) is 15.0 Å². The molecule has 27 heavy (non-hydrogen) atoms. The first-order valence-corrected chi connectivity index (χ1v) is 9.03. The Labute approximate surface area is 155 Å². The number of amides is 1. The van der Waals surface area contributed by atoms with E-state index in [2.05, 4.69) is 10.4 Å². The summed E-state index contributed by atoms with van der Waals surface area (Å²) in [4.78, 5) is 30.2. The van der Waals surface area contributed by atoms with Crippen LogP contribution >= 0.6 is 0 Å². The lowest BCUT2D eigenvalue weighted by Crippen LogP contribution is -2.37. The molecule has 2 atom stereocenters. The Morgan fingerprint density at radius 2 is 1.89 bits per heavy atom. The van der Waals surface area contributed by atoms with Crippen LogP contribution in [0.3, 0.4) is 0 Å². The number of hydrogen-bond acceptors (Lipinski definition) is 3. The number of carbonyl (C=O) groups is 1. The number of para-hydroxylation sites is 1. The van der Waals surface area contributed by atoms with Crippen LogP contribution in [0.4, 0.5) is 4.39 Å². The van der Waals surface area contributed by atoms with Gasteiger partial charge in [-0.05, 0) is 42.2 Å². The van der Waals surface area contributed by atoms with E-state index in [0.29, 0.717) is 23.1 Å². The molecule has 138 valence electrons. The van der Waals surface area contributed by atoms with Crippen molar-refractivity contribution in [2.24, 2.45) is 5.92 Å². The average molecular weight is 365 g/mol. The fraction of sp³-hybridized carbons (Fsp3) is 0.286. The van der Waals surface area contributed by atoms with Crippen molar-refractivity contribution in [3.63, 3.8) is 0 Å². The minimum Gasteiger partial charge on any atom is -0.273 e. The average Bonchev–Trinajstić information content (AvgIpc) is 3.45. The van der Waals surface area contributed by atoms with Crippen LogP contribution < -0.4 is 11.0 Å². The van der Waals surface area contributed by atoms with E-state index in [9.17, 15) is 14.0 Å². The molecule has 0 unspecified atom stereocenters. The van der Waals surface area contributed by atoms with E-state index in [-0.39, 0.29) is 35.0 Å². The third kappa shape index (κ3) is 3.23. The van der Waals surface area contributed by atoms with Crippen LogP contribution in [0, 0.1) is 11.7 Å². The number of benzene rings is 2. The lowest BCUT2D eigenvalue weighted by Gasteiger charge is -2.16. The van der Waals surface area contributed by atoms with E-state index >= 15 is 0 Å². The number of aromatic nitrogens is 2. The zero-order chi connectivity index (χ0) is 19.1. The quantitative estimate of drug-likeness (QED) is 0.769. The molecule has 0 saturated heterocycles. The first-order valence-electron chi connectivity index (χ1n) is 9.03. The molecule has 1 N–H and O–H groups in total. The smallest absolute Gasteiger partial charge is 0.273 e. The molecule has 1 saturated carbocycles. The number of nitrogens with zero attached hydrogens (tertiary/aromatic N) is 2. The summed E-state index contributed by atoms with van der Waals surface area (Å²) in [5, 5.41) is 0.466. The fourth-order valence-corrected chi connectivity index (χ4v) is 3.40. The molecule has 1 aliphatic rings. The van der Waals surface area contributed by atoms with Crippen molar-refractivity contribution in [2.75, 3.05) is 5.43 Å². The molecule has 1 aliphatic carbocycles. The number of carbonyl (C=O) groups excluding carboxylic acids is 1. The highest BCUT2D eigenvalue weighted by molar-refractivity contribution is 5.90. The van der Waals surface area contributed by atoms with Gasteiger partial charge in [-0.25, -0.2) is 14.1 Å². The lowest BCUT2D eigenvalue weighted by molar-refractivity contribution is -0.118. The fourth-order valence-electron chi connectivity index (χ4n) is 3.40. The van der Waals surface area contributed by atoms with Gasteiger partial charge in [-0.1, -0.05) is 38.1 Å². The first kappa shape index (κ1) is 17.4. The van der Waals surface area contributed by atoms with Crippen LogP contribution in [0.1, 0.15) is 43.5 Å². The van der Waals surface area contributed by atoms with Gasteiger partial charge in [-0.15, -0.1) is 0 Å². The van der Waals surface area contributed by atoms with Gasteiger partial charge < -0.3 is 0 Å². The summed E-state index contributed by atoms with van der Waals surface area (Å²) in [5.74, 6) is -0.201. The molecule has 2 aromatic carbocycles. The Bertz CT molecular complexity index is 1070. The highest BCUT2D eigenvalue weighted by atomic mass is 19.1. The Morgan fingerprint density at radius 3 is 2.59 bits per heavy atom. The van der Waals surface area contributed by atoms with Gasteiger partial charge >= 0.3 is 0 Å². The van der Waals surface area contributed by atoms with Crippen LogP contribution in [0.2, 0.25) is 0 Å². The zero-order valence-corrected chi connectivity index (χ0v) is 15.1. The highest BCUT2D eigenvalue weighted by Gasteiger charge is 2.44. The number of halogens is 1. The monoisotopic (exact) mass is 365 g/mol. The van der Waals surface area contributed by atoms with E-state index < -0.39 is 0 Å². The third-order valence-corrected chi connectivity index (χ3v) is 4.97. The molecule has 1 fully saturated rings. The molecule has 5 nitrogen and oxygen atoms in total. The summed E-state index contributed by atoms with van der Waals surface area (Å²) in [6, 6.07) is 13.3. The molecule has 1 amide bonds. The van der Waals surface area contributed by atoms with Crippen LogP contribution in [0.25, 0.3) is 10.9 Å². The Balaban J connectivity index is 1.62. The molecule has 0 bridgehead atoms. The molecule has 3 aromatic rings. The number of nitrogens with one attached hydrogen (secondary N) is 1. The predicted octanol–water partition coefficient (Wildman–Crippen LogP) is 3.53. The summed E-state index contributed by atoms with van der Waals surface area (Å²) in [6.07, 6.45) is 0.685. The van der Waals surface area contributed by atoms with Crippen molar-refractivity contribution in [2.45, 2.75) is 32.1 Å². The summed E-state index contributed by atoms with van der Waals surface area (Å²) in [7, 11) is 0. The summed E-state index contributed by atoms with van der Waals surface area (Å²) < 4.78 is 14.4. The van der Waals surface area contributed by atoms with Gasteiger partial charge in [0.05, 0.1) is 10.9 Å². The van der Waals surface area contributed by atoms with Gasteiger partial charge in [0.2, 0.25) is 5.91 Å². The molecule has 6 heteroatoms. The number of fused-ring (bicyclic) bond motifs is 1. The maximum Gasteiger partial charge on any atom is 0.280 e. The van der Waals surface area contributed by atoms with Gasteiger partial charge in [0.25, 0.3) is 5.56 Å². The highest BCUT2D eigenvalue weighted by Crippen LogP contribution is 2.47. The first-order chi connectivity index (χ1) is 13.0. The molecular weight excluding hydrogens is 345 g/mol. The van der Waals surface area contributed by atoms with Crippen molar-refractivity contribution in [1.82, 2.24) is 9.66 Å². The van der Waals surface area contributed by atoms with E-state index in [1.165, 1.54) is 16.8 Å². The van der Waals surface area contributed by atoms with E-state index in [1.54, 1.807) is 30.3 Å². The summed E-state index contributed by atoms with van der Waals surface area (Å²) >= 11 is 0. The summed E-state index contributed by atoms with van der Waals surface area (Å²) in [6.45, 7) is 3.86. The van der Waals surface area contributed by atoms with Crippen LogP contribution in [0.15, 0.2) is 53.3 Å². The Kier molecular flexibility index (Phi) is 4.26. The second-order valence-corrected chi connectivity index (χ2v) is 7.26. The number of hydrogen-bond donors (Lipinski definition) is 1. The number of rotatable bonds is 4. The van der Waals surface area contributed by atoms with Gasteiger partial charge in [0.15, 0.2) is 0 Å². The van der Waals surface area contributed by atoms with Crippen LogP contribution in [0.5, 0.6) is 0 Å². The van der Waals surface area contributed by atoms with Crippen molar-refractivity contribution >= 4 is 16.8 Å². The van der Waals surface area contributed by atoms with Gasteiger partial charge in [0.1, 0.15) is 11.6 Å². The predicted molar refractivity (Wildman–Crippen MR) is 102 cm³/mol.